The summed E-state index contributed by atoms with van der Waals surface area (Å²) in [5, 5.41) is 7.00. The minimum absolute atomic E-state index is 0. The van der Waals surface area contributed by atoms with Crippen LogP contribution in [0.1, 0.15) is 11.1 Å². The lowest BCUT2D eigenvalue weighted by molar-refractivity contribution is -0.120. The van der Waals surface area contributed by atoms with Crippen LogP contribution in [-0.4, -0.2) is 31.0 Å². The molecule has 0 bridgehead atoms. The molecular formula is C14H20ClN3O. The first kappa shape index (κ1) is 15.5. The van der Waals surface area contributed by atoms with Crippen LogP contribution in [0.3, 0.4) is 0 Å². The standard InChI is InChI=1S/C14H19N3O.ClH/c1-10-4-3-5-12-14(10)11(8-17-12)6-7-16-13(18)9-15-2;/h3-5,8,15,17H,6-7,9H2,1-2H3,(H,16,18);1H. The van der Waals surface area contributed by atoms with Crippen molar-refractivity contribution in [2.75, 3.05) is 20.1 Å². The Labute approximate surface area is 119 Å². The highest BCUT2D eigenvalue weighted by Gasteiger charge is 2.06. The summed E-state index contributed by atoms with van der Waals surface area (Å²) >= 11 is 0. The third-order valence-corrected chi connectivity index (χ3v) is 3.05. The molecule has 0 fully saturated rings. The minimum Gasteiger partial charge on any atom is -0.361 e. The molecule has 1 aromatic carbocycles. The van der Waals surface area contributed by atoms with E-state index < -0.39 is 0 Å². The summed E-state index contributed by atoms with van der Waals surface area (Å²) in [5.74, 6) is 0.0362. The topological polar surface area (TPSA) is 56.9 Å². The molecule has 3 N–H and O–H groups in total. The first-order valence-electron chi connectivity index (χ1n) is 6.19. The monoisotopic (exact) mass is 281 g/mol. The molecule has 104 valence electrons. The average Bonchev–Trinajstić information content (AvgIpc) is 2.74. The van der Waals surface area contributed by atoms with Crippen LogP contribution in [0.25, 0.3) is 10.9 Å². The van der Waals surface area contributed by atoms with E-state index in [1.807, 2.05) is 12.3 Å². The Bertz CT molecular complexity index is 551. The van der Waals surface area contributed by atoms with E-state index in [1.54, 1.807) is 7.05 Å². The van der Waals surface area contributed by atoms with E-state index in [0.29, 0.717) is 13.1 Å². The van der Waals surface area contributed by atoms with Crippen LogP contribution < -0.4 is 10.6 Å². The summed E-state index contributed by atoms with van der Waals surface area (Å²) in [6.07, 6.45) is 2.88. The van der Waals surface area contributed by atoms with Crippen LogP contribution in [0.5, 0.6) is 0 Å². The van der Waals surface area contributed by atoms with Crippen molar-refractivity contribution < 1.29 is 4.79 Å². The van der Waals surface area contributed by atoms with E-state index in [1.165, 1.54) is 16.5 Å². The highest BCUT2D eigenvalue weighted by atomic mass is 35.5. The predicted octanol–water partition coefficient (Wildman–Crippen LogP) is 1.78. The van der Waals surface area contributed by atoms with Gasteiger partial charge in [-0.2, -0.15) is 0 Å². The molecule has 0 aliphatic carbocycles. The fraction of sp³-hybridized carbons (Fsp3) is 0.357. The molecule has 0 saturated heterocycles. The predicted molar refractivity (Wildman–Crippen MR) is 80.9 cm³/mol. The van der Waals surface area contributed by atoms with Gasteiger partial charge >= 0.3 is 0 Å². The molecule has 0 aliphatic rings. The van der Waals surface area contributed by atoms with Gasteiger partial charge in [0.2, 0.25) is 5.91 Å². The Balaban J connectivity index is 0.00000180. The number of amides is 1. The van der Waals surface area contributed by atoms with Crippen molar-refractivity contribution in [3.63, 3.8) is 0 Å². The molecular weight excluding hydrogens is 262 g/mol. The number of halogens is 1. The average molecular weight is 282 g/mol. The zero-order valence-electron chi connectivity index (χ0n) is 11.2. The van der Waals surface area contributed by atoms with Gasteiger partial charge in [-0.1, -0.05) is 12.1 Å². The Kier molecular flexibility index (Phi) is 5.86. The summed E-state index contributed by atoms with van der Waals surface area (Å²) in [7, 11) is 1.77. The number of hydrogen-bond acceptors (Lipinski definition) is 2. The van der Waals surface area contributed by atoms with Crippen LogP contribution in [0, 0.1) is 6.92 Å². The van der Waals surface area contributed by atoms with Crippen molar-refractivity contribution in [1.29, 1.82) is 0 Å². The summed E-state index contributed by atoms with van der Waals surface area (Å²) < 4.78 is 0. The van der Waals surface area contributed by atoms with Crippen molar-refractivity contribution in [3.8, 4) is 0 Å². The van der Waals surface area contributed by atoms with E-state index >= 15 is 0 Å². The number of nitrogens with one attached hydrogen (secondary N) is 3. The van der Waals surface area contributed by atoms with E-state index in [2.05, 4.69) is 34.7 Å². The number of carbonyl (C=O) groups is 1. The van der Waals surface area contributed by atoms with Crippen molar-refractivity contribution in [1.82, 2.24) is 15.6 Å². The van der Waals surface area contributed by atoms with Crippen LogP contribution in [-0.2, 0) is 11.2 Å². The summed E-state index contributed by atoms with van der Waals surface area (Å²) in [5.41, 5.74) is 3.68. The summed E-state index contributed by atoms with van der Waals surface area (Å²) in [6, 6.07) is 6.23. The van der Waals surface area contributed by atoms with Gasteiger partial charge in [-0.15, -0.1) is 12.4 Å². The highest BCUT2D eigenvalue weighted by molar-refractivity contribution is 5.86. The van der Waals surface area contributed by atoms with Crippen LogP contribution in [0.2, 0.25) is 0 Å². The van der Waals surface area contributed by atoms with Gasteiger partial charge in [-0.3, -0.25) is 4.79 Å². The maximum absolute atomic E-state index is 11.3. The number of fused-ring (bicyclic) bond motifs is 1. The third-order valence-electron chi connectivity index (χ3n) is 3.05. The second-order valence-corrected chi connectivity index (χ2v) is 4.44. The van der Waals surface area contributed by atoms with Gasteiger partial charge in [-0.05, 0) is 37.6 Å². The van der Waals surface area contributed by atoms with E-state index in [-0.39, 0.29) is 18.3 Å². The Morgan fingerprint density at radius 3 is 2.89 bits per heavy atom. The lowest BCUT2D eigenvalue weighted by Gasteiger charge is -2.05. The summed E-state index contributed by atoms with van der Waals surface area (Å²) in [4.78, 5) is 14.6. The zero-order valence-corrected chi connectivity index (χ0v) is 12.1. The van der Waals surface area contributed by atoms with Gasteiger partial charge in [0.05, 0.1) is 6.54 Å². The second kappa shape index (κ2) is 7.16. The molecule has 0 unspecified atom stereocenters. The Hall–Kier alpha value is -1.52. The molecule has 4 nitrogen and oxygen atoms in total. The molecule has 1 amide bonds. The molecule has 0 atom stereocenters. The molecule has 19 heavy (non-hydrogen) atoms. The molecule has 0 radical (unpaired) electrons. The quantitative estimate of drug-likeness (QED) is 0.782. The minimum atomic E-state index is 0. The fourth-order valence-electron chi connectivity index (χ4n) is 2.21. The lowest BCUT2D eigenvalue weighted by atomic mass is 10.1. The van der Waals surface area contributed by atoms with Crippen molar-refractivity contribution in [3.05, 3.63) is 35.5 Å². The van der Waals surface area contributed by atoms with Gasteiger partial charge in [0.1, 0.15) is 0 Å². The molecule has 0 aliphatic heterocycles. The van der Waals surface area contributed by atoms with Crippen molar-refractivity contribution >= 4 is 29.2 Å². The van der Waals surface area contributed by atoms with Crippen molar-refractivity contribution in [2.45, 2.75) is 13.3 Å². The zero-order chi connectivity index (χ0) is 13.0. The van der Waals surface area contributed by atoms with E-state index in [4.69, 9.17) is 0 Å². The number of carbonyl (C=O) groups excluding carboxylic acids is 1. The van der Waals surface area contributed by atoms with Crippen LogP contribution in [0.4, 0.5) is 0 Å². The maximum atomic E-state index is 11.3. The fourth-order valence-corrected chi connectivity index (χ4v) is 2.21. The van der Waals surface area contributed by atoms with Gasteiger partial charge < -0.3 is 15.6 Å². The number of benzene rings is 1. The molecule has 0 saturated carbocycles. The Morgan fingerprint density at radius 2 is 2.16 bits per heavy atom. The van der Waals surface area contributed by atoms with Gasteiger partial charge in [0, 0.05) is 23.6 Å². The van der Waals surface area contributed by atoms with E-state index in [0.717, 1.165) is 11.9 Å². The molecule has 0 spiro atoms. The third kappa shape index (κ3) is 3.72. The normalized spacial score (nSPS) is 10.2. The number of aromatic nitrogens is 1. The molecule has 5 heteroatoms. The lowest BCUT2D eigenvalue weighted by Crippen LogP contribution is -2.33. The molecule has 2 rings (SSSR count). The summed E-state index contributed by atoms with van der Waals surface area (Å²) in [6.45, 7) is 3.15. The molecule has 1 heterocycles. The van der Waals surface area contributed by atoms with Gasteiger partial charge in [0.15, 0.2) is 0 Å². The van der Waals surface area contributed by atoms with Gasteiger partial charge in [0.25, 0.3) is 0 Å². The second-order valence-electron chi connectivity index (χ2n) is 4.44. The van der Waals surface area contributed by atoms with Crippen LogP contribution in [0.15, 0.2) is 24.4 Å². The maximum Gasteiger partial charge on any atom is 0.233 e. The first-order valence-corrected chi connectivity index (χ1v) is 6.19. The number of aryl methyl sites for hydroxylation is 1. The number of aromatic amines is 1. The van der Waals surface area contributed by atoms with Crippen molar-refractivity contribution in [2.24, 2.45) is 0 Å². The van der Waals surface area contributed by atoms with Gasteiger partial charge in [-0.25, -0.2) is 0 Å². The number of hydrogen-bond donors (Lipinski definition) is 3. The number of rotatable bonds is 5. The molecule has 2 aromatic rings. The van der Waals surface area contributed by atoms with E-state index in [9.17, 15) is 4.79 Å². The molecule has 1 aromatic heterocycles. The largest absolute Gasteiger partial charge is 0.361 e. The number of likely N-dealkylation sites (N-methyl/N-ethyl adjacent to an activating group) is 1. The highest BCUT2D eigenvalue weighted by Crippen LogP contribution is 2.22. The van der Waals surface area contributed by atoms with Crippen LogP contribution >= 0.6 is 12.4 Å². The first-order chi connectivity index (χ1) is 8.72. The SMILES string of the molecule is CNCC(=O)NCCc1c[nH]c2cccc(C)c12.Cl. The smallest absolute Gasteiger partial charge is 0.233 e. The number of H-pyrrole nitrogens is 1. The Morgan fingerprint density at radius 1 is 1.37 bits per heavy atom.